The van der Waals surface area contributed by atoms with Gasteiger partial charge in [0, 0.05) is 50.3 Å². The fraction of sp³-hybridized carbons (Fsp3) is 0.333. The summed E-state index contributed by atoms with van der Waals surface area (Å²) in [6.07, 6.45) is 4.47. The van der Waals surface area contributed by atoms with Crippen LogP contribution >= 0.6 is 0 Å². The van der Waals surface area contributed by atoms with E-state index in [9.17, 15) is 4.79 Å². The highest BCUT2D eigenvalue weighted by atomic mass is 16.5. The quantitative estimate of drug-likeness (QED) is 0.725. The van der Waals surface area contributed by atoms with Crippen LogP contribution in [0.1, 0.15) is 0 Å². The fourth-order valence-electron chi connectivity index (χ4n) is 3.14. The highest BCUT2D eigenvalue weighted by Gasteiger charge is 2.16. The summed E-state index contributed by atoms with van der Waals surface area (Å²) in [5.74, 6) is 0.643. The molecule has 0 aliphatic carbocycles. The first-order chi connectivity index (χ1) is 13.2. The van der Waals surface area contributed by atoms with Crippen molar-refractivity contribution in [1.82, 2.24) is 24.5 Å². The zero-order valence-corrected chi connectivity index (χ0v) is 15.3. The first kappa shape index (κ1) is 17.2. The fourth-order valence-corrected chi connectivity index (χ4v) is 3.14. The number of rotatable bonds is 4. The van der Waals surface area contributed by atoms with Gasteiger partial charge in [0.15, 0.2) is 5.65 Å². The van der Waals surface area contributed by atoms with E-state index in [-0.39, 0.29) is 0 Å². The molecule has 0 amide bonds. The molecule has 0 spiro atoms. The van der Waals surface area contributed by atoms with Gasteiger partial charge in [0.05, 0.1) is 18.2 Å². The smallest absolute Gasteiger partial charge is 0.368 e. The Kier molecular flexibility index (Phi) is 4.59. The maximum absolute atomic E-state index is 12.3. The minimum atomic E-state index is -0.452. The Balaban J connectivity index is 1.67. The van der Waals surface area contributed by atoms with E-state index in [1.807, 2.05) is 18.2 Å². The number of hydrogen-bond donors (Lipinski definition) is 1. The second-order valence-corrected chi connectivity index (χ2v) is 6.46. The van der Waals surface area contributed by atoms with Crippen molar-refractivity contribution in [3.8, 4) is 5.75 Å². The number of nitrogens with zero attached hydrogens (tertiary/aromatic N) is 6. The Morgan fingerprint density at radius 3 is 2.70 bits per heavy atom. The summed E-state index contributed by atoms with van der Waals surface area (Å²) in [5, 5.41) is 0.664. The Morgan fingerprint density at radius 2 is 1.93 bits per heavy atom. The lowest BCUT2D eigenvalue weighted by Gasteiger charge is -2.34. The highest BCUT2D eigenvalue weighted by Crippen LogP contribution is 2.30. The van der Waals surface area contributed by atoms with E-state index >= 15 is 0 Å². The van der Waals surface area contributed by atoms with Gasteiger partial charge in [-0.1, -0.05) is 0 Å². The highest BCUT2D eigenvalue weighted by molar-refractivity contribution is 5.74. The van der Waals surface area contributed by atoms with Crippen molar-refractivity contribution in [2.24, 2.45) is 0 Å². The number of ether oxygens (including phenoxy) is 1. The number of hydrogen-bond acceptors (Lipinski definition) is 8. The predicted molar refractivity (Wildman–Crippen MR) is 103 cm³/mol. The zero-order valence-electron chi connectivity index (χ0n) is 15.3. The van der Waals surface area contributed by atoms with Gasteiger partial charge >= 0.3 is 5.69 Å². The van der Waals surface area contributed by atoms with Crippen LogP contribution in [0.2, 0.25) is 0 Å². The van der Waals surface area contributed by atoms with Gasteiger partial charge in [-0.15, -0.1) is 0 Å². The van der Waals surface area contributed by atoms with E-state index in [4.69, 9.17) is 4.74 Å². The molecule has 0 bridgehead atoms. The first-order valence-electron chi connectivity index (χ1n) is 8.72. The number of aromatic nitrogens is 4. The SMILES string of the molecule is COc1cc(N2CCN(C)CC2)ccc1Nn1c(=O)ncc2cncnc21. The van der Waals surface area contributed by atoms with E-state index in [1.54, 1.807) is 13.3 Å². The Bertz CT molecular complexity index is 1010. The molecular weight excluding hydrogens is 346 g/mol. The molecule has 1 fully saturated rings. The molecule has 1 aliphatic rings. The molecule has 3 heterocycles. The lowest BCUT2D eigenvalue weighted by Crippen LogP contribution is -2.44. The minimum absolute atomic E-state index is 0.452. The number of piperazine rings is 1. The van der Waals surface area contributed by atoms with Crippen molar-refractivity contribution >= 4 is 22.4 Å². The minimum Gasteiger partial charge on any atom is -0.494 e. The summed E-state index contributed by atoms with van der Waals surface area (Å²) in [6.45, 7) is 3.99. The van der Waals surface area contributed by atoms with Crippen molar-refractivity contribution in [3.05, 3.63) is 47.4 Å². The van der Waals surface area contributed by atoms with Gasteiger partial charge in [-0.3, -0.25) is 5.43 Å². The molecule has 1 N–H and O–H groups in total. The largest absolute Gasteiger partial charge is 0.494 e. The summed E-state index contributed by atoms with van der Waals surface area (Å²) >= 11 is 0. The van der Waals surface area contributed by atoms with Crippen LogP contribution in [-0.2, 0) is 0 Å². The Hall–Kier alpha value is -3.20. The molecule has 0 radical (unpaired) electrons. The van der Waals surface area contributed by atoms with E-state index in [0.717, 1.165) is 31.9 Å². The molecule has 9 heteroatoms. The van der Waals surface area contributed by atoms with Gasteiger partial charge in [0.2, 0.25) is 0 Å². The number of fused-ring (bicyclic) bond motifs is 1. The van der Waals surface area contributed by atoms with Crippen molar-refractivity contribution < 1.29 is 4.74 Å². The normalized spacial score (nSPS) is 15.1. The lowest BCUT2D eigenvalue weighted by molar-refractivity contribution is 0.312. The summed E-state index contributed by atoms with van der Waals surface area (Å²) < 4.78 is 6.85. The summed E-state index contributed by atoms with van der Waals surface area (Å²) in [4.78, 5) is 28.9. The zero-order chi connectivity index (χ0) is 18.8. The van der Waals surface area contributed by atoms with Gasteiger partial charge in [0.25, 0.3) is 0 Å². The third-order valence-corrected chi connectivity index (χ3v) is 4.72. The van der Waals surface area contributed by atoms with Crippen LogP contribution in [-0.4, -0.2) is 64.9 Å². The maximum atomic E-state index is 12.3. The predicted octanol–water partition coefficient (Wildman–Crippen LogP) is 0.822. The molecule has 0 saturated carbocycles. The van der Waals surface area contributed by atoms with Gasteiger partial charge in [-0.2, -0.15) is 9.66 Å². The standard InChI is InChI=1S/C18H21N7O2/c1-23-5-7-24(8-6-23)14-3-4-15(16(9-14)27-2)22-25-17-13(10-19-12-21-17)11-20-18(25)26/h3-4,9-12,22H,5-8H2,1-2H3. The van der Waals surface area contributed by atoms with E-state index in [0.29, 0.717) is 22.5 Å². The first-order valence-corrected chi connectivity index (χ1v) is 8.72. The molecule has 140 valence electrons. The average molecular weight is 367 g/mol. The third-order valence-electron chi connectivity index (χ3n) is 4.72. The second kappa shape index (κ2) is 7.20. The van der Waals surface area contributed by atoms with Crippen molar-refractivity contribution in [3.63, 3.8) is 0 Å². The lowest BCUT2D eigenvalue weighted by atomic mass is 10.2. The third kappa shape index (κ3) is 3.41. The molecule has 1 aliphatic heterocycles. The van der Waals surface area contributed by atoms with Crippen LogP contribution < -0.4 is 20.8 Å². The molecule has 1 aromatic carbocycles. The monoisotopic (exact) mass is 367 g/mol. The van der Waals surface area contributed by atoms with Gasteiger partial charge in [0.1, 0.15) is 12.1 Å². The Labute approximate surface area is 156 Å². The van der Waals surface area contributed by atoms with Gasteiger partial charge in [-0.25, -0.2) is 14.8 Å². The van der Waals surface area contributed by atoms with Crippen LogP contribution in [0.4, 0.5) is 11.4 Å². The average Bonchev–Trinajstić information content (AvgIpc) is 2.71. The summed E-state index contributed by atoms with van der Waals surface area (Å²) in [7, 11) is 3.74. The van der Waals surface area contributed by atoms with Crippen molar-refractivity contribution in [1.29, 1.82) is 0 Å². The van der Waals surface area contributed by atoms with E-state index < -0.39 is 5.69 Å². The van der Waals surface area contributed by atoms with E-state index in [2.05, 4.69) is 37.2 Å². The Morgan fingerprint density at radius 1 is 1.11 bits per heavy atom. The topological polar surface area (TPSA) is 88.4 Å². The molecule has 0 unspecified atom stereocenters. The summed E-state index contributed by atoms with van der Waals surface area (Å²) in [5.41, 5.74) is 4.82. The molecule has 0 atom stereocenters. The van der Waals surface area contributed by atoms with Crippen molar-refractivity contribution in [2.45, 2.75) is 0 Å². The van der Waals surface area contributed by atoms with Crippen LogP contribution in [0, 0.1) is 0 Å². The molecular formula is C18H21N7O2. The number of methoxy groups -OCH3 is 1. The molecule has 27 heavy (non-hydrogen) atoms. The van der Waals surface area contributed by atoms with Crippen LogP contribution in [0.5, 0.6) is 5.75 Å². The number of nitrogens with one attached hydrogen (secondary N) is 1. The molecule has 3 aromatic rings. The number of benzene rings is 1. The molecule has 4 rings (SSSR count). The van der Waals surface area contributed by atoms with Gasteiger partial charge < -0.3 is 14.5 Å². The molecule has 1 saturated heterocycles. The number of anilines is 2. The molecule has 2 aromatic heterocycles. The van der Waals surface area contributed by atoms with Crippen LogP contribution in [0.25, 0.3) is 11.0 Å². The van der Waals surface area contributed by atoms with Crippen LogP contribution in [0.3, 0.4) is 0 Å². The number of likely N-dealkylation sites (N-methyl/N-ethyl adjacent to an activating group) is 1. The second-order valence-electron chi connectivity index (χ2n) is 6.46. The van der Waals surface area contributed by atoms with Crippen LogP contribution in [0.15, 0.2) is 41.7 Å². The molecule has 9 nitrogen and oxygen atoms in total. The maximum Gasteiger partial charge on any atom is 0.368 e. The summed E-state index contributed by atoms with van der Waals surface area (Å²) in [6, 6.07) is 5.90. The van der Waals surface area contributed by atoms with Gasteiger partial charge in [-0.05, 0) is 19.2 Å². The van der Waals surface area contributed by atoms with E-state index in [1.165, 1.54) is 17.2 Å². The van der Waals surface area contributed by atoms with Crippen molar-refractivity contribution in [2.75, 3.05) is 50.7 Å².